The van der Waals surface area contributed by atoms with Gasteiger partial charge in [0.05, 0.1) is 5.56 Å². The topological polar surface area (TPSA) is 58.7 Å². The lowest BCUT2D eigenvalue weighted by Crippen LogP contribution is -2.42. The van der Waals surface area contributed by atoms with E-state index in [2.05, 4.69) is 4.99 Å². The van der Waals surface area contributed by atoms with Crippen molar-refractivity contribution in [3.05, 3.63) is 95.6 Å². The highest BCUT2D eigenvalue weighted by Gasteiger charge is 2.53. The fourth-order valence-corrected chi connectivity index (χ4v) is 3.86. The van der Waals surface area contributed by atoms with Gasteiger partial charge in [0.2, 0.25) is 0 Å². The molecule has 1 atom stereocenters. The lowest BCUT2D eigenvalue weighted by Gasteiger charge is -2.30. The average molecular weight is 409 g/mol. The van der Waals surface area contributed by atoms with Crippen LogP contribution in [0.1, 0.15) is 16.7 Å². The molecule has 0 fully saturated rings. The first kappa shape index (κ1) is 19.7. The van der Waals surface area contributed by atoms with Crippen molar-refractivity contribution in [3.63, 3.8) is 0 Å². The summed E-state index contributed by atoms with van der Waals surface area (Å²) in [6.45, 7) is 0. The Morgan fingerprint density at radius 3 is 2.03 bits per heavy atom. The zero-order chi connectivity index (χ0) is 21.5. The molecule has 30 heavy (non-hydrogen) atoms. The molecule has 3 aromatic rings. The number of likely N-dealkylation sites (N-methyl/N-ethyl adjacent to an activating group) is 1. The molecule has 3 aromatic carbocycles. The van der Waals surface area contributed by atoms with Crippen LogP contribution in [0.3, 0.4) is 0 Å². The largest absolute Gasteiger partial charge is 0.417 e. The van der Waals surface area contributed by atoms with Gasteiger partial charge in [-0.2, -0.15) is 13.2 Å². The van der Waals surface area contributed by atoms with Crippen molar-refractivity contribution >= 4 is 11.9 Å². The van der Waals surface area contributed by atoms with E-state index >= 15 is 0 Å². The van der Waals surface area contributed by atoms with Crippen LogP contribution in [0.4, 0.5) is 13.2 Å². The Morgan fingerprint density at radius 2 is 1.50 bits per heavy atom. The number of rotatable bonds is 3. The second-order valence-corrected chi connectivity index (χ2v) is 7.00. The number of nitrogens with two attached hydrogens (primary N) is 1. The van der Waals surface area contributed by atoms with Gasteiger partial charge in [-0.1, -0.05) is 78.9 Å². The molecule has 1 aliphatic heterocycles. The fourth-order valence-electron chi connectivity index (χ4n) is 3.86. The maximum atomic E-state index is 14.5. The normalized spacial score (nSPS) is 19.1. The van der Waals surface area contributed by atoms with Crippen molar-refractivity contribution in [1.29, 1.82) is 0 Å². The number of nitrogens with zero attached hydrogens (tertiary/aromatic N) is 2. The zero-order valence-corrected chi connectivity index (χ0v) is 16.0. The van der Waals surface area contributed by atoms with E-state index in [0.29, 0.717) is 11.1 Å². The van der Waals surface area contributed by atoms with E-state index in [1.54, 1.807) is 60.7 Å². The molecule has 1 aliphatic rings. The Labute approximate surface area is 171 Å². The van der Waals surface area contributed by atoms with Crippen molar-refractivity contribution < 1.29 is 18.0 Å². The molecule has 1 amide bonds. The van der Waals surface area contributed by atoms with Crippen LogP contribution in [-0.4, -0.2) is 23.8 Å². The molecule has 7 heteroatoms. The summed E-state index contributed by atoms with van der Waals surface area (Å²) in [7, 11) is 1.40. The van der Waals surface area contributed by atoms with E-state index in [1.165, 1.54) is 25.2 Å². The third-order valence-electron chi connectivity index (χ3n) is 5.25. The van der Waals surface area contributed by atoms with Crippen molar-refractivity contribution in [1.82, 2.24) is 4.90 Å². The molecule has 1 heterocycles. The van der Waals surface area contributed by atoms with Gasteiger partial charge >= 0.3 is 6.18 Å². The minimum absolute atomic E-state index is 0.0213. The van der Waals surface area contributed by atoms with Crippen LogP contribution >= 0.6 is 0 Å². The highest BCUT2D eigenvalue weighted by molar-refractivity contribution is 6.09. The van der Waals surface area contributed by atoms with Gasteiger partial charge in [0.25, 0.3) is 5.91 Å². The van der Waals surface area contributed by atoms with Crippen LogP contribution in [-0.2, 0) is 16.5 Å². The Bertz CT molecular complexity index is 1130. The SMILES string of the molecule is CN1C(=O)C(c2ccccc2)(c2cccc(-c3ccccc3)c2C(F)(F)F)N=C1N. The van der Waals surface area contributed by atoms with Crippen LogP contribution < -0.4 is 5.73 Å². The van der Waals surface area contributed by atoms with Crippen molar-refractivity contribution in [2.24, 2.45) is 10.7 Å². The van der Waals surface area contributed by atoms with E-state index in [9.17, 15) is 18.0 Å². The number of benzene rings is 3. The predicted molar refractivity (Wildman–Crippen MR) is 108 cm³/mol. The van der Waals surface area contributed by atoms with E-state index in [4.69, 9.17) is 5.73 Å². The summed E-state index contributed by atoms with van der Waals surface area (Å²) in [6.07, 6.45) is -4.73. The molecule has 1 unspecified atom stereocenters. The van der Waals surface area contributed by atoms with Gasteiger partial charge in [-0.15, -0.1) is 0 Å². The lowest BCUT2D eigenvalue weighted by molar-refractivity contribution is -0.139. The van der Waals surface area contributed by atoms with E-state index < -0.39 is 23.2 Å². The van der Waals surface area contributed by atoms with Crippen molar-refractivity contribution in [2.45, 2.75) is 11.7 Å². The smallest absolute Gasteiger partial charge is 0.369 e. The summed E-state index contributed by atoms with van der Waals surface area (Å²) >= 11 is 0. The Hall–Kier alpha value is -3.61. The van der Waals surface area contributed by atoms with Gasteiger partial charge in [0, 0.05) is 12.6 Å². The fraction of sp³-hybridized carbons (Fsp3) is 0.130. The van der Waals surface area contributed by atoms with Gasteiger partial charge in [0.15, 0.2) is 11.5 Å². The maximum absolute atomic E-state index is 14.5. The number of hydrogen-bond acceptors (Lipinski definition) is 3. The first-order valence-electron chi connectivity index (χ1n) is 9.22. The predicted octanol–water partition coefficient (Wildman–Crippen LogP) is 4.40. The van der Waals surface area contributed by atoms with Crippen LogP contribution in [0.5, 0.6) is 0 Å². The number of guanidine groups is 1. The second kappa shape index (κ2) is 7.02. The van der Waals surface area contributed by atoms with Gasteiger partial charge in [-0.3, -0.25) is 9.69 Å². The molecule has 0 radical (unpaired) electrons. The molecule has 0 saturated carbocycles. The van der Waals surface area contributed by atoms with Gasteiger partial charge in [0.1, 0.15) is 0 Å². The molecule has 152 valence electrons. The summed E-state index contributed by atoms with van der Waals surface area (Å²) in [5, 5.41) is 0. The van der Waals surface area contributed by atoms with E-state index in [-0.39, 0.29) is 17.1 Å². The van der Waals surface area contributed by atoms with Crippen molar-refractivity contribution in [2.75, 3.05) is 7.05 Å². The molecule has 0 spiro atoms. The summed E-state index contributed by atoms with van der Waals surface area (Å²) in [5.74, 6) is -0.774. The molecule has 2 N–H and O–H groups in total. The average Bonchev–Trinajstić information content (AvgIpc) is 2.98. The standard InChI is InChI=1S/C23H18F3N3O/c1-29-20(30)22(28-21(29)27,16-11-6-3-7-12-16)18-14-8-13-17(19(18)23(24,25)26)15-9-4-2-5-10-15/h2-14H,1H3,(H2,27,28). The third kappa shape index (κ3) is 2.94. The lowest BCUT2D eigenvalue weighted by atomic mass is 9.78. The summed E-state index contributed by atoms with van der Waals surface area (Å²) in [4.78, 5) is 18.7. The maximum Gasteiger partial charge on any atom is 0.417 e. The molecule has 0 bridgehead atoms. The summed E-state index contributed by atoms with van der Waals surface area (Å²) in [6, 6.07) is 20.7. The second-order valence-electron chi connectivity index (χ2n) is 7.00. The van der Waals surface area contributed by atoms with Gasteiger partial charge in [-0.05, 0) is 16.7 Å². The monoisotopic (exact) mass is 409 g/mol. The number of carbonyl (C=O) groups is 1. The highest BCUT2D eigenvalue weighted by Crippen LogP contribution is 2.48. The third-order valence-corrected chi connectivity index (χ3v) is 5.25. The first-order chi connectivity index (χ1) is 14.3. The number of aliphatic imine (C=N–C) groups is 1. The quantitative estimate of drug-likeness (QED) is 0.697. The van der Waals surface area contributed by atoms with E-state index in [1.807, 2.05) is 0 Å². The zero-order valence-electron chi connectivity index (χ0n) is 16.0. The van der Waals surface area contributed by atoms with Gasteiger partial charge < -0.3 is 5.73 Å². The van der Waals surface area contributed by atoms with Crippen molar-refractivity contribution in [3.8, 4) is 11.1 Å². The number of halogens is 3. The molecule has 0 saturated heterocycles. The Kier molecular flexibility index (Phi) is 4.61. The number of amides is 1. The summed E-state index contributed by atoms with van der Waals surface area (Å²) < 4.78 is 43.4. The molecule has 0 aromatic heterocycles. The highest BCUT2D eigenvalue weighted by atomic mass is 19.4. The minimum Gasteiger partial charge on any atom is -0.369 e. The first-order valence-corrected chi connectivity index (χ1v) is 9.22. The van der Waals surface area contributed by atoms with Gasteiger partial charge in [-0.25, -0.2) is 4.99 Å². The molecule has 0 aliphatic carbocycles. The summed E-state index contributed by atoms with van der Waals surface area (Å²) in [5.41, 5.74) is 3.52. The minimum atomic E-state index is -4.73. The Balaban J connectivity index is 2.11. The molecular formula is C23H18F3N3O. The number of carbonyl (C=O) groups excluding carboxylic acids is 1. The van der Waals surface area contributed by atoms with Crippen LogP contribution in [0.2, 0.25) is 0 Å². The Morgan fingerprint density at radius 1 is 0.900 bits per heavy atom. The molecular weight excluding hydrogens is 391 g/mol. The van der Waals surface area contributed by atoms with E-state index in [0.717, 1.165) is 4.90 Å². The van der Waals surface area contributed by atoms with Crippen LogP contribution in [0.25, 0.3) is 11.1 Å². The van der Waals surface area contributed by atoms with Crippen LogP contribution in [0, 0.1) is 0 Å². The van der Waals surface area contributed by atoms with Crippen LogP contribution in [0.15, 0.2) is 83.9 Å². The number of hydrogen-bond donors (Lipinski definition) is 1. The molecule has 4 nitrogen and oxygen atoms in total. The number of alkyl halides is 3. The molecule has 4 rings (SSSR count).